The van der Waals surface area contributed by atoms with E-state index in [1.54, 1.807) is 24.3 Å². The topological polar surface area (TPSA) is 39.7 Å². The normalized spacial score (nSPS) is 29.0. The van der Waals surface area contributed by atoms with Gasteiger partial charge in [0.2, 0.25) is 0 Å². The second-order valence-corrected chi connectivity index (χ2v) is 5.54. The summed E-state index contributed by atoms with van der Waals surface area (Å²) in [6.07, 6.45) is 2.54. The average Bonchev–Trinajstić information content (AvgIpc) is 2.88. The second-order valence-electron chi connectivity index (χ2n) is 5.54. The van der Waals surface area contributed by atoms with E-state index in [2.05, 4.69) is 10.1 Å². The predicted octanol–water partition coefficient (Wildman–Crippen LogP) is 3.04. The Kier molecular flexibility index (Phi) is 4.26. The zero-order valence-electron chi connectivity index (χ0n) is 11.7. The van der Waals surface area contributed by atoms with Crippen LogP contribution in [0.3, 0.4) is 0 Å². The number of para-hydroxylation sites is 2. The molecule has 2 aliphatic heterocycles. The van der Waals surface area contributed by atoms with E-state index in [9.17, 15) is 8.78 Å². The first-order chi connectivity index (χ1) is 10.2. The number of halogens is 2. The van der Waals surface area contributed by atoms with Crippen molar-refractivity contribution in [2.75, 3.05) is 25.1 Å². The quantitative estimate of drug-likeness (QED) is 0.927. The van der Waals surface area contributed by atoms with Gasteiger partial charge in [0, 0.05) is 25.7 Å². The summed E-state index contributed by atoms with van der Waals surface area (Å²) in [5.41, 5.74) is 0.382. The lowest BCUT2D eigenvalue weighted by Gasteiger charge is -2.37. The van der Waals surface area contributed by atoms with Crippen molar-refractivity contribution in [3.63, 3.8) is 0 Å². The van der Waals surface area contributed by atoms with Gasteiger partial charge in [0.1, 0.15) is 5.75 Å². The summed E-state index contributed by atoms with van der Waals surface area (Å²) >= 11 is 0. The first-order valence-electron chi connectivity index (χ1n) is 7.19. The molecule has 1 spiro atoms. The Morgan fingerprint density at radius 1 is 1.29 bits per heavy atom. The Balaban J connectivity index is 1.68. The lowest BCUT2D eigenvalue weighted by atomic mass is 9.89. The van der Waals surface area contributed by atoms with E-state index in [-0.39, 0.29) is 17.4 Å². The Hall–Kier alpha value is -1.40. The van der Waals surface area contributed by atoms with Gasteiger partial charge in [0.05, 0.1) is 17.9 Å². The number of anilines is 1. The van der Waals surface area contributed by atoms with Gasteiger partial charge >= 0.3 is 6.61 Å². The van der Waals surface area contributed by atoms with Crippen LogP contribution in [0.2, 0.25) is 0 Å². The summed E-state index contributed by atoms with van der Waals surface area (Å²) in [4.78, 5) is 0. The number of hydrogen-bond acceptors (Lipinski definition) is 4. The van der Waals surface area contributed by atoms with E-state index in [4.69, 9.17) is 9.47 Å². The Morgan fingerprint density at radius 2 is 2.14 bits per heavy atom. The molecule has 2 fully saturated rings. The SMILES string of the molecule is FC(F)Oc1ccccc1NC1CCOC2(CCOC2)C1. The zero-order valence-corrected chi connectivity index (χ0v) is 11.7. The van der Waals surface area contributed by atoms with Crippen LogP contribution in [0.5, 0.6) is 5.75 Å². The van der Waals surface area contributed by atoms with Crippen LogP contribution in [0.4, 0.5) is 14.5 Å². The molecule has 0 amide bonds. The number of nitrogens with one attached hydrogen (secondary N) is 1. The van der Waals surface area contributed by atoms with Crippen LogP contribution in [0.25, 0.3) is 0 Å². The summed E-state index contributed by atoms with van der Waals surface area (Å²) in [5, 5.41) is 3.31. The van der Waals surface area contributed by atoms with Gasteiger partial charge in [-0.25, -0.2) is 0 Å². The molecule has 2 saturated heterocycles. The van der Waals surface area contributed by atoms with E-state index in [1.165, 1.54) is 0 Å². The fraction of sp³-hybridized carbons (Fsp3) is 0.600. The molecular weight excluding hydrogens is 280 g/mol. The third-order valence-electron chi connectivity index (χ3n) is 4.02. The van der Waals surface area contributed by atoms with E-state index in [0.717, 1.165) is 25.9 Å². The molecule has 1 aromatic rings. The molecule has 3 rings (SSSR count). The van der Waals surface area contributed by atoms with Crippen molar-refractivity contribution in [3.05, 3.63) is 24.3 Å². The third kappa shape index (κ3) is 3.44. The lowest BCUT2D eigenvalue weighted by Crippen LogP contribution is -2.45. The predicted molar refractivity (Wildman–Crippen MR) is 73.8 cm³/mol. The van der Waals surface area contributed by atoms with Crippen LogP contribution < -0.4 is 10.1 Å². The van der Waals surface area contributed by atoms with Crippen molar-refractivity contribution in [3.8, 4) is 5.75 Å². The standard InChI is InChI=1S/C15H19F2NO3/c16-14(17)21-13-4-2-1-3-12(13)18-11-5-7-20-15(9-11)6-8-19-10-15/h1-4,11,14,18H,5-10H2. The van der Waals surface area contributed by atoms with Gasteiger partial charge < -0.3 is 19.5 Å². The molecule has 21 heavy (non-hydrogen) atoms. The van der Waals surface area contributed by atoms with Crippen LogP contribution in [0.1, 0.15) is 19.3 Å². The minimum atomic E-state index is -2.82. The van der Waals surface area contributed by atoms with Crippen LogP contribution in [-0.4, -0.2) is 38.1 Å². The summed E-state index contributed by atoms with van der Waals surface area (Å²) in [7, 11) is 0. The number of hydrogen-bond donors (Lipinski definition) is 1. The third-order valence-corrected chi connectivity index (χ3v) is 4.02. The molecule has 2 aliphatic rings. The molecule has 0 bridgehead atoms. The first kappa shape index (κ1) is 14.5. The van der Waals surface area contributed by atoms with Crippen molar-refractivity contribution >= 4 is 5.69 Å². The van der Waals surface area contributed by atoms with Gasteiger partial charge in [0.15, 0.2) is 0 Å². The second kappa shape index (κ2) is 6.15. The molecule has 2 unspecified atom stereocenters. The fourth-order valence-corrected chi connectivity index (χ4v) is 3.02. The monoisotopic (exact) mass is 299 g/mol. The van der Waals surface area contributed by atoms with Crippen LogP contribution in [-0.2, 0) is 9.47 Å². The van der Waals surface area contributed by atoms with E-state index < -0.39 is 6.61 Å². The smallest absolute Gasteiger partial charge is 0.387 e. The fourth-order valence-electron chi connectivity index (χ4n) is 3.02. The van der Waals surface area contributed by atoms with Crippen LogP contribution in [0, 0.1) is 0 Å². The van der Waals surface area contributed by atoms with Crippen molar-refractivity contribution in [1.29, 1.82) is 0 Å². The van der Waals surface area contributed by atoms with Crippen molar-refractivity contribution in [2.45, 2.75) is 37.5 Å². The van der Waals surface area contributed by atoms with Crippen molar-refractivity contribution in [2.24, 2.45) is 0 Å². The highest BCUT2D eigenvalue weighted by atomic mass is 19.3. The number of alkyl halides is 2. The van der Waals surface area contributed by atoms with Gasteiger partial charge in [-0.3, -0.25) is 0 Å². The van der Waals surface area contributed by atoms with Gasteiger partial charge in [-0.15, -0.1) is 0 Å². The van der Waals surface area contributed by atoms with Gasteiger partial charge in [-0.05, 0) is 25.0 Å². The van der Waals surface area contributed by atoms with E-state index in [0.29, 0.717) is 18.9 Å². The van der Waals surface area contributed by atoms with Crippen molar-refractivity contribution in [1.82, 2.24) is 0 Å². The van der Waals surface area contributed by atoms with Gasteiger partial charge in [-0.1, -0.05) is 12.1 Å². The highest BCUT2D eigenvalue weighted by Gasteiger charge is 2.41. The highest BCUT2D eigenvalue weighted by Crippen LogP contribution is 2.35. The highest BCUT2D eigenvalue weighted by molar-refractivity contribution is 5.56. The molecule has 4 nitrogen and oxygen atoms in total. The maximum absolute atomic E-state index is 12.4. The molecule has 1 aromatic carbocycles. The van der Waals surface area contributed by atoms with Crippen LogP contribution in [0.15, 0.2) is 24.3 Å². The summed E-state index contributed by atoms with van der Waals surface area (Å²) in [6, 6.07) is 6.95. The molecule has 2 heterocycles. The average molecular weight is 299 g/mol. The molecule has 2 atom stereocenters. The number of ether oxygens (including phenoxy) is 3. The van der Waals surface area contributed by atoms with E-state index >= 15 is 0 Å². The Bertz CT molecular complexity index is 478. The molecule has 116 valence electrons. The molecule has 0 saturated carbocycles. The first-order valence-corrected chi connectivity index (χ1v) is 7.19. The van der Waals surface area contributed by atoms with E-state index in [1.807, 2.05) is 0 Å². The molecule has 0 aliphatic carbocycles. The largest absolute Gasteiger partial charge is 0.433 e. The number of rotatable bonds is 4. The van der Waals surface area contributed by atoms with Gasteiger partial charge in [-0.2, -0.15) is 8.78 Å². The van der Waals surface area contributed by atoms with Crippen molar-refractivity contribution < 1.29 is 23.0 Å². The van der Waals surface area contributed by atoms with Gasteiger partial charge in [0.25, 0.3) is 0 Å². The zero-order chi connectivity index (χ0) is 14.7. The molecule has 6 heteroatoms. The maximum Gasteiger partial charge on any atom is 0.387 e. The molecule has 0 radical (unpaired) electrons. The Morgan fingerprint density at radius 3 is 2.90 bits per heavy atom. The molecule has 1 N–H and O–H groups in total. The number of benzene rings is 1. The Labute approximate surface area is 122 Å². The minimum Gasteiger partial charge on any atom is -0.433 e. The summed E-state index contributed by atoms with van der Waals surface area (Å²) < 4.78 is 40.7. The minimum absolute atomic E-state index is 0.169. The molecule has 0 aromatic heterocycles. The van der Waals surface area contributed by atoms with Crippen LogP contribution >= 0.6 is 0 Å². The summed E-state index contributed by atoms with van der Waals surface area (Å²) in [6.45, 7) is -0.839. The summed E-state index contributed by atoms with van der Waals surface area (Å²) in [5.74, 6) is 0.177. The molecular formula is C15H19F2NO3. The maximum atomic E-state index is 12.4. The lowest BCUT2D eigenvalue weighted by molar-refractivity contribution is -0.0830.